The fourth-order valence-corrected chi connectivity index (χ4v) is 3.84. The van der Waals surface area contributed by atoms with Crippen molar-refractivity contribution in [3.05, 3.63) is 58.9 Å². The summed E-state index contributed by atoms with van der Waals surface area (Å²) >= 11 is 0. The second kappa shape index (κ2) is 6.96. The minimum absolute atomic E-state index is 0.171. The molecule has 0 saturated carbocycles. The number of aromatic nitrogens is 3. The average Bonchev–Trinajstić information content (AvgIpc) is 2.98. The highest BCUT2D eigenvalue weighted by molar-refractivity contribution is 5.76. The van der Waals surface area contributed by atoms with Gasteiger partial charge in [-0.2, -0.15) is 5.10 Å². The SMILES string of the molecule is CCCCNC1c2ccccc2CCc2cc3cnn(CC)c3nc21. The molecule has 0 bridgehead atoms. The molecule has 4 heteroatoms. The van der Waals surface area contributed by atoms with Crippen molar-refractivity contribution in [1.29, 1.82) is 0 Å². The van der Waals surface area contributed by atoms with Crippen LogP contribution >= 0.6 is 0 Å². The van der Waals surface area contributed by atoms with Gasteiger partial charge < -0.3 is 5.32 Å². The fraction of sp³-hybridized carbons (Fsp3) is 0.429. The number of aryl methyl sites for hydroxylation is 3. The highest BCUT2D eigenvalue weighted by Gasteiger charge is 2.25. The Hall–Kier alpha value is -2.20. The summed E-state index contributed by atoms with van der Waals surface area (Å²) in [6.45, 7) is 6.21. The summed E-state index contributed by atoms with van der Waals surface area (Å²) in [5, 5.41) is 9.42. The molecule has 130 valence electrons. The standard InChI is InChI=1S/C21H26N4/c1-3-5-12-22-20-18-9-7-6-8-15(18)10-11-16-13-17-14-23-25(4-2)21(17)24-19(16)20/h6-9,13-14,20,22H,3-5,10-12H2,1-2H3. The number of nitrogens with zero attached hydrogens (tertiary/aromatic N) is 3. The zero-order valence-electron chi connectivity index (χ0n) is 15.1. The Bertz CT molecular complexity index is 881. The summed E-state index contributed by atoms with van der Waals surface area (Å²) in [7, 11) is 0. The van der Waals surface area contributed by atoms with Crippen molar-refractivity contribution < 1.29 is 0 Å². The Morgan fingerprint density at radius 2 is 2.00 bits per heavy atom. The minimum atomic E-state index is 0.171. The first-order valence-corrected chi connectivity index (χ1v) is 9.48. The van der Waals surface area contributed by atoms with Crippen LogP contribution in [0.5, 0.6) is 0 Å². The molecule has 0 radical (unpaired) electrons. The smallest absolute Gasteiger partial charge is 0.158 e. The molecule has 0 aliphatic heterocycles. The third-order valence-electron chi connectivity index (χ3n) is 5.21. The van der Waals surface area contributed by atoms with Crippen LogP contribution in [0.25, 0.3) is 11.0 Å². The van der Waals surface area contributed by atoms with Gasteiger partial charge in [0, 0.05) is 11.9 Å². The maximum Gasteiger partial charge on any atom is 0.158 e. The van der Waals surface area contributed by atoms with Gasteiger partial charge in [-0.1, -0.05) is 37.6 Å². The summed E-state index contributed by atoms with van der Waals surface area (Å²) in [5.74, 6) is 0. The van der Waals surface area contributed by atoms with Crippen molar-refractivity contribution >= 4 is 11.0 Å². The van der Waals surface area contributed by atoms with E-state index in [0.29, 0.717) is 0 Å². The van der Waals surface area contributed by atoms with Crippen molar-refractivity contribution in [2.45, 2.75) is 52.1 Å². The Morgan fingerprint density at radius 1 is 1.16 bits per heavy atom. The molecule has 4 nitrogen and oxygen atoms in total. The van der Waals surface area contributed by atoms with Crippen LogP contribution in [0.3, 0.4) is 0 Å². The van der Waals surface area contributed by atoms with Gasteiger partial charge in [-0.15, -0.1) is 0 Å². The van der Waals surface area contributed by atoms with E-state index in [9.17, 15) is 0 Å². The van der Waals surface area contributed by atoms with E-state index in [4.69, 9.17) is 4.98 Å². The van der Waals surface area contributed by atoms with E-state index < -0.39 is 0 Å². The molecule has 1 aliphatic carbocycles. The Labute approximate surface area is 149 Å². The van der Waals surface area contributed by atoms with Crippen LogP contribution in [0.2, 0.25) is 0 Å². The monoisotopic (exact) mass is 334 g/mol. The van der Waals surface area contributed by atoms with Gasteiger partial charge in [0.1, 0.15) is 0 Å². The van der Waals surface area contributed by atoms with Crippen LogP contribution in [0.15, 0.2) is 36.5 Å². The maximum atomic E-state index is 5.10. The fourth-order valence-electron chi connectivity index (χ4n) is 3.84. The molecule has 0 saturated heterocycles. The predicted octanol–water partition coefficient (Wildman–Crippen LogP) is 4.03. The van der Waals surface area contributed by atoms with Gasteiger partial charge in [0.2, 0.25) is 0 Å². The molecule has 1 aromatic carbocycles. The zero-order valence-corrected chi connectivity index (χ0v) is 15.1. The van der Waals surface area contributed by atoms with E-state index in [0.717, 1.165) is 37.0 Å². The first-order valence-electron chi connectivity index (χ1n) is 9.48. The van der Waals surface area contributed by atoms with Crippen molar-refractivity contribution in [2.24, 2.45) is 0 Å². The second-order valence-electron chi connectivity index (χ2n) is 6.85. The lowest BCUT2D eigenvalue weighted by Gasteiger charge is -2.21. The van der Waals surface area contributed by atoms with E-state index in [-0.39, 0.29) is 6.04 Å². The summed E-state index contributed by atoms with van der Waals surface area (Å²) < 4.78 is 2.00. The topological polar surface area (TPSA) is 42.7 Å². The lowest BCUT2D eigenvalue weighted by atomic mass is 9.98. The number of rotatable bonds is 5. The lowest BCUT2D eigenvalue weighted by Crippen LogP contribution is -2.25. The number of hydrogen-bond donors (Lipinski definition) is 1. The van der Waals surface area contributed by atoms with Crippen LogP contribution in [0.1, 0.15) is 55.1 Å². The molecule has 2 aromatic heterocycles. The quantitative estimate of drug-likeness (QED) is 0.716. The average molecular weight is 334 g/mol. The number of fused-ring (bicyclic) bond motifs is 3. The predicted molar refractivity (Wildman–Crippen MR) is 102 cm³/mol. The normalized spacial score (nSPS) is 16.5. The van der Waals surface area contributed by atoms with Gasteiger partial charge in [0.05, 0.1) is 17.9 Å². The molecule has 25 heavy (non-hydrogen) atoms. The largest absolute Gasteiger partial charge is 0.305 e. The molecular weight excluding hydrogens is 308 g/mol. The first kappa shape index (κ1) is 16.3. The number of hydrogen-bond acceptors (Lipinski definition) is 3. The number of unbranched alkanes of at least 4 members (excludes halogenated alkanes) is 1. The molecule has 0 spiro atoms. The van der Waals surface area contributed by atoms with E-state index in [2.05, 4.69) is 54.6 Å². The van der Waals surface area contributed by atoms with E-state index in [1.807, 2.05) is 10.9 Å². The Morgan fingerprint density at radius 3 is 2.84 bits per heavy atom. The minimum Gasteiger partial charge on any atom is -0.305 e. The molecule has 3 aromatic rings. The molecule has 1 unspecified atom stereocenters. The van der Waals surface area contributed by atoms with Crippen molar-refractivity contribution in [3.63, 3.8) is 0 Å². The lowest BCUT2D eigenvalue weighted by molar-refractivity contribution is 0.566. The number of nitrogens with one attached hydrogen (secondary N) is 1. The van der Waals surface area contributed by atoms with Gasteiger partial charge in [-0.3, -0.25) is 0 Å². The summed E-state index contributed by atoms with van der Waals surface area (Å²) in [6, 6.07) is 11.3. The van der Waals surface area contributed by atoms with E-state index in [1.165, 1.54) is 35.2 Å². The molecule has 4 rings (SSSR count). The summed E-state index contributed by atoms with van der Waals surface area (Å²) in [4.78, 5) is 5.10. The van der Waals surface area contributed by atoms with Crippen LogP contribution in [0.4, 0.5) is 0 Å². The Balaban J connectivity index is 1.85. The Kier molecular flexibility index (Phi) is 4.53. The molecule has 0 amide bonds. The third-order valence-corrected chi connectivity index (χ3v) is 5.21. The molecule has 0 fully saturated rings. The van der Waals surface area contributed by atoms with Crippen molar-refractivity contribution in [1.82, 2.24) is 20.1 Å². The zero-order chi connectivity index (χ0) is 17.2. The first-order chi connectivity index (χ1) is 12.3. The molecule has 1 N–H and O–H groups in total. The summed E-state index contributed by atoms with van der Waals surface area (Å²) in [5.41, 5.74) is 6.36. The van der Waals surface area contributed by atoms with Gasteiger partial charge in [-0.25, -0.2) is 9.67 Å². The molecule has 1 aliphatic rings. The van der Waals surface area contributed by atoms with Crippen molar-refractivity contribution in [2.75, 3.05) is 6.54 Å². The molecular formula is C21H26N4. The van der Waals surface area contributed by atoms with Gasteiger partial charge in [-0.05, 0) is 55.5 Å². The van der Waals surface area contributed by atoms with E-state index in [1.54, 1.807) is 0 Å². The van der Waals surface area contributed by atoms with Crippen molar-refractivity contribution in [3.8, 4) is 0 Å². The second-order valence-corrected chi connectivity index (χ2v) is 6.85. The van der Waals surface area contributed by atoms with Gasteiger partial charge in [0.25, 0.3) is 0 Å². The molecule has 1 atom stereocenters. The van der Waals surface area contributed by atoms with Gasteiger partial charge in [0.15, 0.2) is 5.65 Å². The van der Waals surface area contributed by atoms with Gasteiger partial charge >= 0.3 is 0 Å². The van der Waals surface area contributed by atoms with Crippen LogP contribution in [0, 0.1) is 0 Å². The molecule has 2 heterocycles. The summed E-state index contributed by atoms with van der Waals surface area (Å²) in [6.07, 6.45) is 6.44. The third kappa shape index (κ3) is 2.95. The van der Waals surface area contributed by atoms with Crippen LogP contribution < -0.4 is 5.32 Å². The van der Waals surface area contributed by atoms with E-state index >= 15 is 0 Å². The number of benzene rings is 1. The number of pyridine rings is 1. The van der Waals surface area contributed by atoms with Crippen LogP contribution in [-0.4, -0.2) is 21.3 Å². The maximum absolute atomic E-state index is 5.10. The van der Waals surface area contributed by atoms with Crippen LogP contribution in [-0.2, 0) is 19.4 Å². The highest BCUT2D eigenvalue weighted by Crippen LogP contribution is 2.33. The highest BCUT2D eigenvalue weighted by atomic mass is 15.3.